The van der Waals surface area contributed by atoms with Gasteiger partial charge in [0.15, 0.2) is 12.4 Å². The molecule has 3 aromatic rings. The number of aryl methyl sites for hydroxylation is 1. The van der Waals surface area contributed by atoms with Crippen LogP contribution in [0.3, 0.4) is 0 Å². The van der Waals surface area contributed by atoms with E-state index in [4.69, 9.17) is 13.7 Å². The van der Waals surface area contributed by atoms with Crippen molar-refractivity contribution in [3.05, 3.63) is 70.8 Å². The number of amides is 2. The molecule has 0 fully saturated rings. The number of benzene rings is 1. The molecule has 0 radical (unpaired) electrons. The number of rotatable bonds is 6. The Kier molecular flexibility index (Phi) is 4.48. The Bertz CT molecular complexity index is 1050. The molecular weight excluding hydrogens is 366 g/mol. The summed E-state index contributed by atoms with van der Waals surface area (Å²) < 4.78 is 15.3. The molecule has 2 aromatic heterocycles. The quantitative estimate of drug-likeness (QED) is 0.472. The van der Waals surface area contributed by atoms with Gasteiger partial charge in [0.2, 0.25) is 0 Å². The van der Waals surface area contributed by atoms with Gasteiger partial charge in [-0.2, -0.15) is 4.98 Å². The van der Waals surface area contributed by atoms with E-state index in [1.165, 1.54) is 24.5 Å². The molecule has 3 heterocycles. The van der Waals surface area contributed by atoms with Crippen molar-refractivity contribution in [1.29, 1.82) is 0 Å². The molecular formula is C19H15N3O6. The number of carbonyl (C=O) groups is 3. The van der Waals surface area contributed by atoms with Crippen molar-refractivity contribution in [3.63, 3.8) is 0 Å². The van der Waals surface area contributed by atoms with Crippen LogP contribution in [-0.4, -0.2) is 32.8 Å². The Morgan fingerprint density at radius 3 is 2.71 bits per heavy atom. The van der Waals surface area contributed by atoms with E-state index in [1.807, 2.05) is 6.92 Å². The number of fused-ring (bicyclic) bond motifs is 1. The first-order chi connectivity index (χ1) is 13.6. The molecule has 9 heteroatoms. The summed E-state index contributed by atoms with van der Waals surface area (Å²) >= 11 is 0. The number of carbonyl (C=O) groups excluding carboxylic acids is 3. The van der Waals surface area contributed by atoms with E-state index in [2.05, 4.69) is 10.1 Å². The van der Waals surface area contributed by atoms with Gasteiger partial charge in [-0.25, -0.2) is 4.79 Å². The molecule has 28 heavy (non-hydrogen) atoms. The summed E-state index contributed by atoms with van der Waals surface area (Å²) in [7, 11) is 0. The SMILES string of the molecule is CCc1noc(COC(=O)c2ccc3c(c2)C(=O)N(Cc2ccco2)C3=O)n1. The normalized spacial score (nSPS) is 13.1. The van der Waals surface area contributed by atoms with Crippen LogP contribution < -0.4 is 0 Å². The molecule has 0 atom stereocenters. The lowest BCUT2D eigenvalue weighted by Crippen LogP contribution is -2.28. The second-order valence-corrected chi connectivity index (χ2v) is 6.07. The fourth-order valence-electron chi connectivity index (χ4n) is 2.82. The highest BCUT2D eigenvalue weighted by molar-refractivity contribution is 6.21. The van der Waals surface area contributed by atoms with Gasteiger partial charge in [-0.05, 0) is 30.3 Å². The highest BCUT2D eigenvalue weighted by Crippen LogP contribution is 2.26. The Morgan fingerprint density at radius 2 is 2.00 bits per heavy atom. The van der Waals surface area contributed by atoms with Crippen molar-refractivity contribution in [3.8, 4) is 0 Å². The van der Waals surface area contributed by atoms with Crippen molar-refractivity contribution >= 4 is 17.8 Å². The van der Waals surface area contributed by atoms with Gasteiger partial charge in [0.25, 0.3) is 17.7 Å². The molecule has 1 aliphatic rings. The largest absolute Gasteiger partial charge is 0.467 e. The second kappa shape index (κ2) is 7.10. The lowest BCUT2D eigenvalue weighted by Gasteiger charge is -2.11. The van der Waals surface area contributed by atoms with Gasteiger partial charge >= 0.3 is 5.97 Å². The summed E-state index contributed by atoms with van der Waals surface area (Å²) in [5.41, 5.74) is 0.532. The smallest absolute Gasteiger partial charge is 0.338 e. The maximum atomic E-state index is 12.6. The topological polar surface area (TPSA) is 116 Å². The predicted octanol–water partition coefficient (Wildman–Crippen LogP) is 2.38. The summed E-state index contributed by atoms with van der Waals surface area (Å²) in [6.07, 6.45) is 2.07. The first kappa shape index (κ1) is 17.7. The Labute approximate surface area is 158 Å². The summed E-state index contributed by atoms with van der Waals surface area (Å²) in [5, 5.41) is 3.72. The van der Waals surface area contributed by atoms with Crippen molar-refractivity contribution in [2.75, 3.05) is 0 Å². The molecule has 0 spiro atoms. The van der Waals surface area contributed by atoms with Crippen LogP contribution in [0.5, 0.6) is 0 Å². The van der Waals surface area contributed by atoms with E-state index in [9.17, 15) is 14.4 Å². The zero-order chi connectivity index (χ0) is 19.7. The second-order valence-electron chi connectivity index (χ2n) is 6.07. The van der Waals surface area contributed by atoms with Crippen LogP contribution >= 0.6 is 0 Å². The van der Waals surface area contributed by atoms with Gasteiger partial charge in [0.05, 0.1) is 29.5 Å². The van der Waals surface area contributed by atoms with E-state index in [0.29, 0.717) is 18.0 Å². The molecule has 142 valence electrons. The first-order valence-electron chi connectivity index (χ1n) is 8.58. The van der Waals surface area contributed by atoms with Crippen LogP contribution in [0.2, 0.25) is 0 Å². The van der Waals surface area contributed by atoms with E-state index >= 15 is 0 Å². The van der Waals surface area contributed by atoms with Gasteiger partial charge in [0.1, 0.15) is 5.76 Å². The lowest BCUT2D eigenvalue weighted by atomic mass is 10.1. The average molecular weight is 381 g/mol. The minimum atomic E-state index is -0.663. The molecule has 9 nitrogen and oxygen atoms in total. The highest BCUT2D eigenvalue weighted by Gasteiger charge is 2.36. The number of imide groups is 1. The van der Waals surface area contributed by atoms with E-state index < -0.39 is 17.8 Å². The number of ether oxygens (including phenoxy) is 1. The predicted molar refractivity (Wildman–Crippen MR) is 92.1 cm³/mol. The molecule has 0 bridgehead atoms. The lowest BCUT2D eigenvalue weighted by molar-refractivity contribution is 0.0429. The van der Waals surface area contributed by atoms with E-state index in [1.54, 1.807) is 12.1 Å². The third-order valence-corrected chi connectivity index (χ3v) is 4.25. The molecule has 1 aromatic carbocycles. The maximum absolute atomic E-state index is 12.6. The summed E-state index contributed by atoms with van der Waals surface area (Å²) in [6.45, 7) is 1.72. The molecule has 0 aliphatic carbocycles. The molecule has 0 unspecified atom stereocenters. The molecule has 0 saturated carbocycles. The number of hydrogen-bond donors (Lipinski definition) is 0. The fourth-order valence-corrected chi connectivity index (χ4v) is 2.82. The van der Waals surface area contributed by atoms with Crippen LogP contribution in [0.4, 0.5) is 0 Å². The molecule has 1 aliphatic heterocycles. The van der Waals surface area contributed by atoms with Crippen LogP contribution in [0, 0.1) is 0 Å². The van der Waals surface area contributed by atoms with Crippen molar-refractivity contribution < 1.29 is 28.1 Å². The van der Waals surface area contributed by atoms with Crippen LogP contribution in [0.25, 0.3) is 0 Å². The van der Waals surface area contributed by atoms with Gasteiger partial charge in [-0.1, -0.05) is 12.1 Å². The standard InChI is InChI=1S/C19H15N3O6/c1-2-15-20-16(28-21-15)10-27-19(25)11-5-6-13-14(8-11)18(24)22(17(13)23)9-12-4-3-7-26-12/h3-8H,2,9-10H2,1H3. The van der Waals surface area contributed by atoms with Gasteiger partial charge in [0, 0.05) is 6.42 Å². The Balaban J connectivity index is 1.48. The molecule has 2 amide bonds. The number of furan rings is 1. The van der Waals surface area contributed by atoms with Crippen LogP contribution in [-0.2, 0) is 24.3 Å². The Morgan fingerprint density at radius 1 is 1.18 bits per heavy atom. The third kappa shape index (κ3) is 3.18. The summed E-state index contributed by atoms with van der Waals surface area (Å²) in [4.78, 5) is 42.5. The fraction of sp³-hybridized carbons (Fsp3) is 0.211. The number of hydrogen-bond acceptors (Lipinski definition) is 8. The molecule has 0 N–H and O–H groups in total. The monoisotopic (exact) mass is 381 g/mol. The highest BCUT2D eigenvalue weighted by atomic mass is 16.6. The summed E-state index contributed by atoms with van der Waals surface area (Å²) in [6, 6.07) is 7.58. The van der Waals surface area contributed by atoms with Crippen molar-refractivity contribution in [1.82, 2.24) is 15.0 Å². The molecule has 4 rings (SSSR count). The van der Waals surface area contributed by atoms with Crippen molar-refractivity contribution in [2.24, 2.45) is 0 Å². The van der Waals surface area contributed by atoms with Crippen LogP contribution in [0.1, 0.15) is 55.5 Å². The van der Waals surface area contributed by atoms with Gasteiger partial charge < -0.3 is 13.7 Å². The van der Waals surface area contributed by atoms with Crippen molar-refractivity contribution in [2.45, 2.75) is 26.5 Å². The van der Waals surface area contributed by atoms with Crippen LogP contribution in [0.15, 0.2) is 45.5 Å². The summed E-state index contributed by atoms with van der Waals surface area (Å²) in [5.74, 6) is -0.402. The zero-order valence-corrected chi connectivity index (χ0v) is 14.9. The van der Waals surface area contributed by atoms with Gasteiger partial charge in [-0.15, -0.1) is 0 Å². The minimum absolute atomic E-state index is 0.0239. The number of aromatic nitrogens is 2. The minimum Gasteiger partial charge on any atom is -0.467 e. The first-order valence-corrected chi connectivity index (χ1v) is 8.58. The average Bonchev–Trinajstić information content (AvgIpc) is 3.44. The third-order valence-electron chi connectivity index (χ3n) is 4.25. The zero-order valence-electron chi connectivity index (χ0n) is 14.9. The van der Waals surface area contributed by atoms with E-state index in [0.717, 1.165) is 4.90 Å². The van der Waals surface area contributed by atoms with Gasteiger partial charge in [-0.3, -0.25) is 14.5 Å². The molecule has 0 saturated heterocycles. The Hall–Kier alpha value is -3.75. The number of esters is 1. The number of nitrogens with zero attached hydrogens (tertiary/aromatic N) is 3. The van der Waals surface area contributed by atoms with E-state index in [-0.39, 0.29) is 35.7 Å². The maximum Gasteiger partial charge on any atom is 0.338 e.